The highest BCUT2D eigenvalue weighted by molar-refractivity contribution is 6.31. The van der Waals surface area contributed by atoms with Crippen LogP contribution in [0.3, 0.4) is 0 Å². The van der Waals surface area contributed by atoms with Gasteiger partial charge in [0.15, 0.2) is 0 Å². The number of rotatable bonds is 6. The molecule has 114 valence electrons. The van der Waals surface area contributed by atoms with Crippen LogP contribution in [0, 0.1) is 0 Å². The predicted molar refractivity (Wildman–Crippen MR) is 84.3 cm³/mol. The Morgan fingerprint density at radius 2 is 2.15 bits per heavy atom. The lowest BCUT2D eigenvalue weighted by atomic mass is 10.0. The quantitative estimate of drug-likeness (QED) is 0.876. The first-order valence-corrected chi connectivity index (χ1v) is 8.21. The van der Waals surface area contributed by atoms with Gasteiger partial charge in [-0.1, -0.05) is 24.9 Å². The summed E-state index contributed by atoms with van der Waals surface area (Å²) in [6, 6.07) is 0.620. The maximum atomic E-state index is 6.53. The number of nitrogens with one attached hydrogen (secondary N) is 1. The van der Waals surface area contributed by atoms with Crippen molar-refractivity contribution >= 4 is 11.6 Å². The molecule has 0 radical (unpaired) electrons. The smallest absolute Gasteiger partial charge is 0.0863 e. The molecule has 0 spiro atoms. The van der Waals surface area contributed by atoms with Crippen molar-refractivity contribution < 1.29 is 0 Å². The van der Waals surface area contributed by atoms with Crippen molar-refractivity contribution in [2.45, 2.75) is 58.7 Å². The largest absolute Gasteiger partial charge is 0.318 e. The number of hydrogen-bond acceptors (Lipinski definition) is 3. The Morgan fingerprint density at radius 3 is 2.80 bits per heavy atom. The van der Waals surface area contributed by atoms with Gasteiger partial charge in [0.1, 0.15) is 0 Å². The molecule has 2 heterocycles. The zero-order chi connectivity index (χ0) is 14.5. The number of halogens is 1. The van der Waals surface area contributed by atoms with Crippen molar-refractivity contribution in [1.82, 2.24) is 20.0 Å². The average Bonchev–Trinajstić information content (AvgIpc) is 2.77. The molecule has 0 saturated carbocycles. The van der Waals surface area contributed by atoms with Gasteiger partial charge >= 0.3 is 0 Å². The summed E-state index contributed by atoms with van der Waals surface area (Å²) in [4.78, 5) is 2.56. The van der Waals surface area contributed by atoms with Crippen molar-refractivity contribution in [2.24, 2.45) is 0 Å². The minimum Gasteiger partial charge on any atom is -0.318 e. The van der Waals surface area contributed by atoms with E-state index in [1.807, 2.05) is 7.05 Å². The molecule has 0 aliphatic carbocycles. The van der Waals surface area contributed by atoms with Crippen LogP contribution in [0.4, 0.5) is 0 Å². The lowest BCUT2D eigenvalue weighted by Crippen LogP contribution is -2.44. The van der Waals surface area contributed by atoms with E-state index in [0.717, 1.165) is 36.8 Å². The first-order chi connectivity index (χ1) is 9.71. The number of hydrogen-bond donors (Lipinski definition) is 1. The standard InChI is InChI=1S/C15H27ClN4/c1-4-13-15(16)14(20(5-2)18-13)11-19-9-7-6-8-12(19)10-17-3/h12,17H,4-11H2,1-3H3. The van der Waals surface area contributed by atoms with Crippen LogP contribution in [0.1, 0.15) is 44.5 Å². The number of aromatic nitrogens is 2. The molecule has 5 heteroatoms. The second-order valence-corrected chi connectivity index (χ2v) is 5.93. The summed E-state index contributed by atoms with van der Waals surface area (Å²) < 4.78 is 2.08. The molecular formula is C15H27ClN4. The van der Waals surface area contributed by atoms with Gasteiger partial charge in [0.2, 0.25) is 0 Å². The zero-order valence-corrected chi connectivity index (χ0v) is 13.7. The fourth-order valence-electron chi connectivity index (χ4n) is 3.10. The summed E-state index contributed by atoms with van der Waals surface area (Å²) >= 11 is 6.53. The number of likely N-dealkylation sites (N-methyl/N-ethyl adjacent to an activating group) is 1. The number of piperidine rings is 1. The summed E-state index contributed by atoms with van der Waals surface area (Å²) in [6.07, 6.45) is 4.81. The summed E-state index contributed by atoms with van der Waals surface area (Å²) in [6.45, 7) is 8.28. The average molecular weight is 299 g/mol. The van der Waals surface area contributed by atoms with E-state index >= 15 is 0 Å². The summed E-state index contributed by atoms with van der Waals surface area (Å²) in [5.41, 5.74) is 2.22. The molecule has 0 amide bonds. The van der Waals surface area contributed by atoms with Gasteiger partial charge in [-0.3, -0.25) is 9.58 Å². The van der Waals surface area contributed by atoms with E-state index in [-0.39, 0.29) is 0 Å². The number of likely N-dealkylation sites (tertiary alicyclic amines) is 1. The third kappa shape index (κ3) is 3.35. The molecule has 1 aliphatic rings. The van der Waals surface area contributed by atoms with E-state index in [9.17, 15) is 0 Å². The maximum absolute atomic E-state index is 6.53. The van der Waals surface area contributed by atoms with Crippen molar-refractivity contribution in [3.05, 3.63) is 16.4 Å². The molecule has 1 atom stereocenters. The first kappa shape index (κ1) is 15.8. The highest BCUT2D eigenvalue weighted by Gasteiger charge is 2.25. The summed E-state index contributed by atoms with van der Waals surface area (Å²) in [7, 11) is 2.03. The minimum absolute atomic E-state index is 0.620. The van der Waals surface area contributed by atoms with Crippen LogP contribution in [0.25, 0.3) is 0 Å². The third-order valence-electron chi connectivity index (χ3n) is 4.24. The SMILES string of the molecule is CCc1nn(CC)c(CN2CCCCC2CNC)c1Cl. The van der Waals surface area contributed by atoms with Crippen molar-refractivity contribution in [1.29, 1.82) is 0 Å². The molecule has 1 N–H and O–H groups in total. The van der Waals surface area contributed by atoms with Gasteiger partial charge in [0, 0.05) is 25.7 Å². The van der Waals surface area contributed by atoms with Crippen molar-refractivity contribution in [3.8, 4) is 0 Å². The second-order valence-electron chi connectivity index (χ2n) is 5.55. The van der Waals surface area contributed by atoms with E-state index in [2.05, 4.69) is 33.8 Å². The van der Waals surface area contributed by atoms with Gasteiger partial charge in [-0.2, -0.15) is 5.10 Å². The Morgan fingerprint density at radius 1 is 1.35 bits per heavy atom. The van der Waals surface area contributed by atoms with Gasteiger partial charge in [0.25, 0.3) is 0 Å². The third-order valence-corrected chi connectivity index (χ3v) is 4.67. The van der Waals surface area contributed by atoms with Crippen LogP contribution >= 0.6 is 11.6 Å². The van der Waals surface area contributed by atoms with E-state index in [0.29, 0.717) is 6.04 Å². The number of nitrogens with zero attached hydrogens (tertiary/aromatic N) is 3. The van der Waals surface area contributed by atoms with Gasteiger partial charge in [-0.15, -0.1) is 0 Å². The van der Waals surface area contributed by atoms with E-state index in [4.69, 9.17) is 11.6 Å². The molecule has 20 heavy (non-hydrogen) atoms. The molecule has 4 nitrogen and oxygen atoms in total. The Kier molecular flexibility index (Phi) is 5.87. The monoisotopic (exact) mass is 298 g/mol. The van der Waals surface area contributed by atoms with Crippen LogP contribution in [-0.4, -0.2) is 40.9 Å². The summed E-state index contributed by atoms with van der Waals surface area (Å²) in [5.74, 6) is 0. The van der Waals surface area contributed by atoms with Gasteiger partial charge in [-0.25, -0.2) is 0 Å². The molecule has 2 rings (SSSR count). The Labute approximate surface area is 127 Å². The van der Waals surface area contributed by atoms with Gasteiger partial charge < -0.3 is 5.32 Å². The van der Waals surface area contributed by atoms with Gasteiger partial charge in [-0.05, 0) is 39.8 Å². The Hall–Kier alpha value is -0.580. The summed E-state index contributed by atoms with van der Waals surface area (Å²) in [5, 5.41) is 8.82. The molecule has 1 fully saturated rings. The molecule has 0 bridgehead atoms. The number of aryl methyl sites for hydroxylation is 2. The fraction of sp³-hybridized carbons (Fsp3) is 0.800. The Balaban J connectivity index is 2.17. The fourth-order valence-corrected chi connectivity index (χ4v) is 3.42. The Bertz CT molecular complexity index is 428. The minimum atomic E-state index is 0.620. The first-order valence-electron chi connectivity index (χ1n) is 7.83. The van der Waals surface area contributed by atoms with Crippen LogP contribution in [-0.2, 0) is 19.5 Å². The van der Waals surface area contributed by atoms with E-state index in [1.54, 1.807) is 0 Å². The van der Waals surface area contributed by atoms with E-state index in [1.165, 1.54) is 31.5 Å². The second kappa shape index (κ2) is 7.43. The lowest BCUT2D eigenvalue weighted by Gasteiger charge is -2.35. The van der Waals surface area contributed by atoms with Crippen molar-refractivity contribution in [2.75, 3.05) is 20.1 Å². The van der Waals surface area contributed by atoms with Gasteiger partial charge in [0.05, 0.1) is 16.4 Å². The van der Waals surface area contributed by atoms with Crippen molar-refractivity contribution in [3.63, 3.8) is 0 Å². The van der Waals surface area contributed by atoms with Crippen LogP contribution < -0.4 is 5.32 Å². The van der Waals surface area contributed by atoms with E-state index < -0.39 is 0 Å². The molecular weight excluding hydrogens is 272 g/mol. The maximum Gasteiger partial charge on any atom is 0.0863 e. The molecule has 1 saturated heterocycles. The topological polar surface area (TPSA) is 33.1 Å². The lowest BCUT2D eigenvalue weighted by molar-refractivity contribution is 0.135. The molecule has 0 aromatic carbocycles. The molecule has 1 aromatic rings. The molecule has 1 aliphatic heterocycles. The normalized spacial score (nSPS) is 20.5. The van der Waals surface area contributed by atoms with Crippen LogP contribution in [0.2, 0.25) is 5.02 Å². The molecule has 1 unspecified atom stereocenters. The zero-order valence-electron chi connectivity index (χ0n) is 13.0. The highest BCUT2D eigenvalue weighted by atomic mass is 35.5. The predicted octanol–water partition coefficient (Wildman–Crippen LogP) is 2.69. The highest BCUT2D eigenvalue weighted by Crippen LogP contribution is 2.26. The van der Waals surface area contributed by atoms with Crippen LogP contribution in [0.15, 0.2) is 0 Å². The van der Waals surface area contributed by atoms with Crippen LogP contribution in [0.5, 0.6) is 0 Å². The molecule has 1 aromatic heterocycles.